The molecule has 2 aromatic rings. The van der Waals surface area contributed by atoms with Crippen molar-refractivity contribution >= 4 is 43.5 Å². The van der Waals surface area contributed by atoms with Crippen molar-refractivity contribution in [3.8, 4) is 0 Å². The molecular formula is C13H10Br2N2O2. The Kier molecular flexibility index (Phi) is 4.55. The molecule has 0 atom stereocenters. The number of nitrogens with zero attached hydrogens (tertiary/aromatic N) is 1. The number of anilines is 1. The summed E-state index contributed by atoms with van der Waals surface area (Å²) in [5, 5.41) is 2.73. The summed E-state index contributed by atoms with van der Waals surface area (Å²) in [7, 11) is 0. The van der Waals surface area contributed by atoms with Gasteiger partial charge in [-0.2, -0.15) is 0 Å². The molecule has 0 saturated carbocycles. The standard InChI is InChI=1S/C13H10Br2N2O2/c14-9-2-1-3-11(6-9)16-12(18)8-17-7-10(15)4-5-13(17)19/h1-7H,8H2,(H,16,18). The molecule has 0 unspecified atom stereocenters. The quantitative estimate of drug-likeness (QED) is 0.882. The van der Waals surface area contributed by atoms with Crippen molar-refractivity contribution in [3.63, 3.8) is 0 Å². The van der Waals surface area contributed by atoms with Crippen molar-refractivity contribution < 1.29 is 4.79 Å². The molecule has 2 rings (SSSR count). The van der Waals surface area contributed by atoms with Gasteiger partial charge >= 0.3 is 0 Å². The number of rotatable bonds is 3. The van der Waals surface area contributed by atoms with Crippen LogP contribution in [-0.2, 0) is 11.3 Å². The van der Waals surface area contributed by atoms with Gasteiger partial charge < -0.3 is 9.88 Å². The van der Waals surface area contributed by atoms with Crippen molar-refractivity contribution in [2.45, 2.75) is 6.54 Å². The van der Waals surface area contributed by atoms with Crippen LogP contribution in [0.3, 0.4) is 0 Å². The third kappa shape index (κ3) is 4.04. The lowest BCUT2D eigenvalue weighted by Crippen LogP contribution is -2.26. The van der Waals surface area contributed by atoms with E-state index in [0.717, 1.165) is 8.95 Å². The van der Waals surface area contributed by atoms with Crippen molar-refractivity contribution in [1.29, 1.82) is 0 Å². The van der Waals surface area contributed by atoms with Crippen LogP contribution >= 0.6 is 31.9 Å². The first-order chi connectivity index (χ1) is 9.04. The summed E-state index contributed by atoms with van der Waals surface area (Å²) >= 11 is 6.59. The summed E-state index contributed by atoms with van der Waals surface area (Å²) in [6.45, 7) is -0.0230. The van der Waals surface area contributed by atoms with E-state index >= 15 is 0 Å². The number of carbonyl (C=O) groups is 1. The smallest absolute Gasteiger partial charge is 0.251 e. The Morgan fingerprint density at radius 1 is 1.16 bits per heavy atom. The summed E-state index contributed by atoms with van der Waals surface area (Å²) in [5.41, 5.74) is 0.468. The summed E-state index contributed by atoms with van der Waals surface area (Å²) in [4.78, 5) is 23.4. The van der Waals surface area contributed by atoms with Crippen LogP contribution < -0.4 is 10.9 Å². The maximum absolute atomic E-state index is 11.9. The van der Waals surface area contributed by atoms with E-state index in [9.17, 15) is 9.59 Å². The van der Waals surface area contributed by atoms with Crippen molar-refractivity contribution in [3.05, 3.63) is 61.9 Å². The Morgan fingerprint density at radius 3 is 2.68 bits per heavy atom. The zero-order valence-corrected chi connectivity index (χ0v) is 12.9. The van der Waals surface area contributed by atoms with E-state index in [4.69, 9.17) is 0 Å². The number of hydrogen-bond acceptors (Lipinski definition) is 2. The maximum Gasteiger partial charge on any atom is 0.251 e. The van der Waals surface area contributed by atoms with E-state index < -0.39 is 0 Å². The molecule has 1 amide bonds. The Balaban J connectivity index is 2.09. The van der Waals surface area contributed by atoms with Crippen molar-refractivity contribution in [2.24, 2.45) is 0 Å². The molecule has 0 aliphatic rings. The number of carbonyl (C=O) groups excluding carboxylic acids is 1. The summed E-state index contributed by atoms with van der Waals surface area (Å²) in [6, 6.07) is 10.3. The van der Waals surface area contributed by atoms with E-state index in [2.05, 4.69) is 37.2 Å². The van der Waals surface area contributed by atoms with Crippen LogP contribution in [0.2, 0.25) is 0 Å². The molecule has 0 aliphatic carbocycles. The number of aromatic nitrogens is 1. The second-order valence-corrected chi connectivity index (χ2v) is 5.70. The Morgan fingerprint density at radius 2 is 1.95 bits per heavy atom. The highest BCUT2D eigenvalue weighted by atomic mass is 79.9. The first kappa shape index (κ1) is 14.0. The monoisotopic (exact) mass is 384 g/mol. The lowest BCUT2D eigenvalue weighted by molar-refractivity contribution is -0.116. The van der Waals surface area contributed by atoms with Crippen LogP contribution in [0.25, 0.3) is 0 Å². The largest absolute Gasteiger partial charge is 0.324 e. The molecule has 1 N–H and O–H groups in total. The van der Waals surface area contributed by atoms with Gasteiger partial charge in [0.2, 0.25) is 5.91 Å². The Bertz CT molecular complexity index is 668. The molecule has 98 valence electrons. The first-order valence-electron chi connectivity index (χ1n) is 5.46. The molecule has 0 bridgehead atoms. The molecule has 1 aromatic carbocycles. The van der Waals surface area contributed by atoms with Gasteiger partial charge in [0.15, 0.2) is 0 Å². The van der Waals surface area contributed by atoms with Crippen molar-refractivity contribution in [1.82, 2.24) is 4.57 Å². The van der Waals surface area contributed by atoms with Crippen LogP contribution in [0, 0.1) is 0 Å². The number of amides is 1. The molecule has 19 heavy (non-hydrogen) atoms. The van der Waals surface area contributed by atoms with Crippen LogP contribution in [0.5, 0.6) is 0 Å². The number of nitrogens with one attached hydrogen (secondary N) is 1. The molecule has 1 heterocycles. The van der Waals surface area contributed by atoms with E-state index in [1.165, 1.54) is 10.6 Å². The second kappa shape index (κ2) is 6.16. The van der Waals surface area contributed by atoms with Gasteiger partial charge in [0, 0.05) is 26.9 Å². The van der Waals surface area contributed by atoms with Gasteiger partial charge in [-0.15, -0.1) is 0 Å². The van der Waals surface area contributed by atoms with Crippen LogP contribution in [0.4, 0.5) is 5.69 Å². The fourth-order valence-electron chi connectivity index (χ4n) is 1.55. The van der Waals surface area contributed by atoms with Gasteiger partial charge in [0.25, 0.3) is 5.56 Å². The van der Waals surface area contributed by atoms with Crippen LogP contribution in [0.1, 0.15) is 0 Å². The fraction of sp³-hybridized carbons (Fsp3) is 0.0769. The van der Waals surface area contributed by atoms with Crippen LogP contribution in [0.15, 0.2) is 56.3 Å². The Labute approximate surface area is 126 Å². The normalized spacial score (nSPS) is 10.2. The summed E-state index contributed by atoms with van der Waals surface area (Å²) < 4.78 is 2.98. The SMILES string of the molecule is O=C(Cn1cc(Br)ccc1=O)Nc1cccc(Br)c1. The average molecular weight is 386 g/mol. The lowest BCUT2D eigenvalue weighted by Gasteiger charge is -2.07. The highest BCUT2D eigenvalue weighted by molar-refractivity contribution is 9.10. The van der Waals surface area contributed by atoms with Gasteiger partial charge in [0.1, 0.15) is 6.54 Å². The van der Waals surface area contributed by atoms with Gasteiger partial charge in [-0.05, 0) is 40.2 Å². The second-order valence-electron chi connectivity index (χ2n) is 3.87. The van der Waals surface area contributed by atoms with Crippen LogP contribution in [-0.4, -0.2) is 10.5 Å². The predicted octanol–water partition coefficient (Wildman–Crippen LogP) is 3.01. The maximum atomic E-state index is 11.9. The molecule has 0 spiro atoms. The first-order valence-corrected chi connectivity index (χ1v) is 7.04. The summed E-state index contributed by atoms with van der Waals surface area (Å²) in [5.74, 6) is -0.252. The molecule has 6 heteroatoms. The van der Waals surface area contributed by atoms with Crippen molar-refractivity contribution in [2.75, 3.05) is 5.32 Å². The number of hydrogen-bond donors (Lipinski definition) is 1. The van der Waals surface area contributed by atoms with E-state index in [-0.39, 0.29) is 18.0 Å². The topological polar surface area (TPSA) is 51.1 Å². The number of benzene rings is 1. The minimum absolute atomic E-state index is 0.0230. The molecule has 0 radical (unpaired) electrons. The molecule has 0 saturated heterocycles. The molecular weight excluding hydrogens is 376 g/mol. The fourth-order valence-corrected chi connectivity index (χ4v) is 2.33. The predicted molar refractivity (Wildman–Crippen MR) is 81.2 cm³/mol. The van der Waals surface area contributed by atoms with Gasteiger partial charge in [-0.1, -0.05) is 22.0 Å². The third-order valence-corrected chi connectivity index (χ3v) is 3.33. The van der Waals surface area contributed by atoms with Gasteiger partial charge in [-0.25, -0.2) is 0 Å². The average Bonchev–Trinajstić information content (AvgIpc) is 2.34. The molecule has 4 nitrogen and oxygen atoms in total. The van der Waals surface area contributed by atoms with E-state index in [1.807, 2.05) is 12.1 Å². The highest BCUT2D eigenvalue weighted by Gasteiger charge is 2.05. The summed E-state index contributed by atoms with van der Waals surface area (Å²) in [6.07, 6.45) is 1.59. The minimum Gasteiger partial charge on any atom is -0.324 e. The Hall–Kier alpha value is -1.40. The lowest BCUT2D eigenvalue weighted by atomic mass is 10.3. The highest BCUT2D eigenvalue weighted by Crippen LogP contribution is 2.15. The minimum atomic E-state index is -0.252. The number of pyridine rings is 1. The van der Waals surface area contributed by atoms with E-state index in [1.54, 1.807) is 24.4 Å². The zero-order chi connectivity index (χ0) is 13.8. The molecule has 1 aromatic heterocycles. The van der Waals surface area contributed by atoms with Gasteiger partial charge in [-0.3, -0.25) is 9.59 Å². The zero-order valence-electron chi connectivity index (χ0n) is 9.77. The third-order valence-electron chi connectivity index (χ3n) is 2.37. The number of halogens is 2. The van der Waals surface area contributed by atoms with E-state index in [0.29, 0.717) is 5.69 Å². The molecule has 0 aliphatic heterocycles. The van der Waals surface area contributed by atoms with Gasteiger partial charge in [0.05, 0.1) is 0 Å². The molecule has 0 fully saturated rings.